The summed E-state index contributed by atoms with van der Waals surface area (Å²) in [5, 5.41) is 21.1. The van der Waals surface area contributed by atoms with Gasteiger partial charge in [-0.1, -0.05) is 130 Å². The number of hydrogen-bond donors (Lipinski definition) is 2. The lowest BCUT2D eigenvalue weighted by Gasteiger charge is -2.42. The minimum absolute atomic E-state index is 0.000358. The first-order valence-electron chi connectivity index (χ1n) is 23.4. The number of esters is 2. The lowest BCUT2D eigenvalue weighted by atomic mass is 9.77. The van der Waals surface area contributed by atoms with E-state index in [1.54, 1.807) is 24.3 Å². The molecule has 2 aromatic rings. The Kier molecular flexibility index (Phi) is 20.2. The molecular weight excluding hydrogens is 761 g/mol. The molecule has 60 heavy (non-hydrogen) atoms. The Morgan fingerprint density at radius 3 is 1.05 bits per heavy atom. The molecule has 0 saturated heterocycles. The van der Waals surface area contributed by atoms with E-state index in [-0.39, 0.29) is 11.1 Å². The van der Waals surface area contributed by atoms with E-state index in [9.17, 15) is 29.4 Å². The SMILES string of the molecule is CCCCC[C@H]1CC[C@H](CCCOc2ccc(C(=O)O[C@@](CC)(C(=O)O)[C@@](CC)(OC(=O)c3ccc(OCCC[C@H]4CC[C@H](CCCCC)CC4)cc3)C(=O)O)cc2)CC1. The molecule has 0 amide bonds. The van der Waals surface area contributed by atoms with Crippen LogP contribution in [0.4, 0.5) is 0 Å². The third-order valence-electron chi connectivity index (χ3n) is 13.5. The number of ether oxygens (including phenoxy) is 4. The van der Waals surface area contributed by atoms with Crippen LogP contribution in [0.15, 0.2) is 48.5 Å². The van der Waals surface area contributed by atoms with E-state index in [1.165, 1.54) is 141 Å². The van der Waals surface area contributed by atoms with Crippen LogP contribution in [0.1, 0.15) is 190 Å². The zero-order valence-electron chi connectivity index (χ0n) is 37.1. The van der Waals surface area contributed by atoms with Crippen LogP contribution < -0.4 is 9.47 Å². The van der Waals surface area contributed by atoms with Crippen molar-refractivity contribution < 1.29 is 48.3 Å². The quantitative estimate of drug-likeness (QED) is 0.0658. The summed E-state index contributed by atoms with van der Waals surface area (Å²) >= 11 is 0. The number of carbonyl (C=O) groups is 4. The number of carboxylic acids is 2. The highest BCUT2D eigenvalue weighted by molar-refractivity contribution is 5.99. The molecule has 0 heterocycles. The average Bonchev–Trinajstić information content (AvgIpc) is 3.26. The van der Waals surface area contributed by atoms with Crippen LogP contribution in [-0.4, -0.2) is 58.5 Å². The fourth-order valence-electron chi connectivity index (χ4n) is 9.53. The van der Waals surface area contributed by atoms with Crippen LogP contribution in [0.5, 0.6) is 11.5 Å². The van der Waals surface area contributed by atoms with Gasteiger partial charge in [0.2, 0.25) is 0 Å². The van der Waals surface area contributed by atoms with E-state index >= 15 is 0 Å². The van der Waals surface area contributed by atoms with E-state index in [2.05, 4.69) is 13.8 Å². The van der Waals surface area contributed by atoms with Crippen molar-refractivity contribution in [2.45, 2.75) is 180 Å². The first-order chi connectivity index (χ1) is 29.0. The highest BCUT2D eigenvalue weighted by atomic mass is 16.6. The van der Waals surface area contributed by atoms with Gasteiger partial charge in [-0.25, -0.2) is 19.2 Å². The molecule has 334 valence electrons. The van der Waals surface area contributed by atoms with Gasteiger partial charge in [-0.05, 0) is 97.9 Å². The molecule has 2 fully saturated rings. The maximum atomic E-state index is 13.5. The monoisotopic (exact) mass is 835 g/mol. The van der Waals surface area contributed by atoms with Gasteiger partial charge in [0, 0.05) is 12.8 Å². The maximum Gasteiger partial charge on any atom is 0.353 e. The van der Waals surface area contributed by atoms with Crippen molar-refractivity contribution in [3.8, 4) is 11.5 Å². The highest BCUT2D eigenvalue weighted by Gasteiger charge is 2.66. The van der Waals surface area contributed by atoms with Crippen LogP contribution in [0.2, 0.25) is 0 Å². The van der Waals surface area contributed by atoms with Gasteiger partial charge in [0.1, 0.15) is 11.5 Å². The molecule has 2 aliphatic carbocycles. The second kappa shape index (κ2) is 25.0. The number of rotatable bonds is 27. The second-order valence-corrected chi connectivity index (χ2v) is 17.5. The van der Waals surface area contributed by atoms with Gasteiger partial charge in [-0.3, -0.25) is 0 Å². The first kappa shape index (κ1) is 48.6. The zero-order chi connectivity index (χ0) is 43.4. The molecule has 0 unspecified atom stereocenters. The topological polar surface area (TPSA) is 146 Å². The first-order valence-corrected chi connectivity index (χ1v) is 23.4. The molecular formula is C50H74O10. The average molecular weight is 835 g/mol. The Labute approximate surface area is 359 Å². The molecule has 2 aromatic carbocycles. The van der Waals surface area contributed by atoms with E-state index in [4.69, 9.17) is 18.9 Å². The van der Waals surface area contributed by atoms with Crippen LogP contribution in [0.3, 0.4) is 0 Å². The lowest BCUT2D eigenvalue weighted by molar-refractivity contribution is -0.209. The molecule has 2 aliphatic rings. The van der Waals surface area contributed by atoms with Gasteiger partial charge in [-0.2, -0.15) is 0 Å². The summed E-state index contributed by atoms with van der Waals surface area (Å²) in [5.74, 6) is -1.29. The van der Waals surface area contributed by atoms with Crippen molar-refractivity contribution in [1.82, 2.24) is 0 Å². The molecule has 0 bridgehead atoms. The molecule has 2 N–H and O–H groups in total. The Balaban J connectivity index is 1.28. The van der Waals surface area contributed by atoms with Crippen molar-refractivity contribution in [2.75, 3.05) is 13.2 Å². The van der Waals surface area contributed by atoms with Gasteiger partial charge in [0.05, 0.1) is 24.3 Å². The van der Waals surface area contributed by atoms with Crippen LogP contribution in [0, 0.1) is 23.7 Å². The van der Waals surface area contributed by atoms with Gasteiger partial charge < -0.3 is 29.2 Å². The largest absolute Gasteiger partial charge is 0.494 e. The summed E-state index contributed by atoms with van der Waals surface area (Å²) in [5.41, 5.74) is -5.50. The fraction of sp³-hybridized carbons (Fsp3) is 0.680. The second-order valence-electron chi connectivity index (χ2n) is 17.5. The third-order valence-corrected chi connectivity index (χ3v) is 13.5. The van der Waals surface area contributed by atoms with Crippen LogP contribution in [-0.2, 0) is 19.1 Å². The number of hydrogen-bond acceptors (Lipinski definition) is 8. The molecule has 0 aromatic heterocycles. The number of aliphatic carboxylic acids is 2. The molecule has 10 nitrogen and oxygen atoms in total. The molecule has 2 atom stereocenters. The highest BCUT2D eigenvalue weighted by Crippen LogP contribution is 2.40. The Bertz CT molecular complexity index is 1470. The predicted molar refractivity (Wildman–Crippen MR) is 234 cm³/mol. The van der Waals surface area contributed by atoms with Crippen LogP contribution in [0.25, 0.3) is 0 Å². The Morgan fingerprint density at radius 2 is 0.783 bits per heavy atom. The molecule has 10 heteroatoms. The van der Waals surface area contributed by atoms with E-state index < -0.39 is 47.9 Å². The predicted octanol–water partition coefficient (Wildman–Crippen LogP) is 12.3. The molecule has 0 aliphatic heterocycles. The summed E-state index contributed by atoms with van der Waals surface area (Å²) in [4.78, 5) is 53.0. The smallest absolute Gasteiger partial charge is 0.353 e. The summed E-state index contributed by atoms with van der Waals surface area (Å²) in [6, 6.07) is 12.2. The van der Waals surface area contributed by atoms with Crippen molar-refractivity contribution in [2.24, 2.45) is 23.7 Å². The summed E-state index contributed by atoms with van der Waals surface area (Å²) in [6.45, 7) is 8.34. The van der Waals surface area contributed by atoms with Gasteiger partial charge in [0.25, 0.3) is 11.2 Å². The number of unbranched alkanes of at least 4 members (excludes halogenated alkanes) is 4. The Hall–Kier alpha value is -4.08. The molecule has 2 saturated carbocycles. The standard InChI is InChI=1S/C50H74O10/c1-5-9-11-15-37-19-23-39(24-20-37)17-13-35-57-43-31-27-41(28-32-43)45(51)59-49(7-3,47(53)54)50(8-4,48(55)56)60-46(52)42-29-33-44(34-30-42)58-36-14-18-40-25-21-38(22-26-40)16-12-10-6-2/h27-34,37-40H,5-26,35-36H2,1-4H3,(H,53,54)(H,55,56)/t37-,38-,39-,40-,49-,50-/m0/s1. The van der Waals surface area contributed by atoms with Crippen molar-refractivity contribution in [3.63, 3.8) is 0 Å². The normalized spacial score (nSPS) is 21.2. The van der Waals surface area contributed by atoms with Crippen molar-refractivity contribution in [1.29, 1.82) is 0 Å². The number of carboxylic acid groups (broad SMARTS) is 2. The zero-order valence-corrected chi connectivity index (χ0v) is 37.1. The molecule has 0 spiro atoms. The minimum atomic E-state index is -2.75. The van der Waals surface area contributed by atoms with Crippen molar-refractivity contribution in [3.05, 3.63) is 59.7 Å². The molecule has 0 radical (unpaired) electrons. The third kappa shape index (κ3) is 13.7. The summed E-state index contributed by atoms with van der Waals surface area (Å²) in [6.07, 6.45) is 24.2. The maximum absolute atomic E-state index is 13.5. The Morgan fingerprint density at radius 1 is 0.483 bits per heavy atom. The van der Waals surface area contributed by atoms with Crippen molar-refractivity contribution >= 4 is 23.9 Å². The van der Waals surface area contributed by atoms with Gasteiger partial charge in [0.15, 0.2) is 0 Å². The van der Waals surface area contributed by atoms with E-state index in [0.717, 1.165) is 49.4 Å². The lowest BCUT2D eigenvalue weighted by Crippen LogP contribution is -2.67. The van der Waals surface area contributed by atoms with Crippen LogP contribution >= 0.6 is 0 Å². The van der Waals surface area contributed by atoms with Gasteiger partial charge in [-0.15, -0.1) is 0 Å². The minimum Gasteiger partial charge on any atom is -0.494 e. The fourth-order valence-corrected chi connectivity index (χ4v) is 9.53. The van der Waals surface area contributed by atoms with E-state index in [0.29, 0.717) is 24.7 Å². The summed E-state index contributed by atoms with van der Waals surface area (Å²) in [7, 11) is 0. The summed E-state index contributed by atoms with van der Waals surface area (Å²) < 4.78 is 23.1. The number of benzene rings is 2. The van der Waals surface area contributed by atoms with E-state index in [1.807, 2.05) is 0 Å². The number of carbonyl (C=O) groups excluding carboxylic acids is 2. The van der Waals surface area contributed by atoms with Gasteiger partial charge >= 0.3 is 23.9 Å². The molecule has 4 rings (SSSR count).